The van der Waals surface area contributed by atoms with Crippen LogP contribution in [0.5, 0.6) is 23.0 Å². The molecule has 0 aliphatic rings. The summed E-state index contributed by atoms with van der Waals surface area (Å²) in [6.07, 6.45) is 1.10. The molecule has 3 aromatic carbocycles. The van der Waals surface area contributed by atoms with Gasteiger partial charge in [0.05, 0.1) is 18.8 Å². The number of hydrogen-bond acceptors (Lipinski definition) is 9. The maximum absolute atomic E-state index is 12.6. The minimum Gasteiger partial charge on any atom is -0.493 e. The van der Waals surface area contributed by atoms with Gasteiger partial charge in [-0.2, -0.15) is 0 Å². The van der Waals surface area contributed by atoms with Crippen LogP contribution in [0.15, 0.2) is 91.0 Å². The van der Waals surface area contributed by atoms with Crippen molar-refractivity contribution in [1.82, 2.24) is 0 Å². The molecule has 43 heavy (non-hydrogen) atoms. The highest BCUT2D eigenvalue weighted by molar-refractivity contribution is 5.91. The molecule has 0 fully saturated rings. The molecule has 0 aliphatic carbocycles. The molecule has 0 bridgehead atoms. The molecule has 0 aromatic heterocycles. The van der Waals surface area contributed by atoms with Gasteiger partial charge in [-0.15, -0.1) is 0 Å². The summed E-state index contributed by atoms with van der Waals surface area (Å²) in [5.74, 6) is -0.276. The first-order valence-corrected chi connectivity index (χ1v) is 13.6. The zero-order chi connectivity index (χ0) is 31.4. The highest BCUT2D eigenvalue weighted by Gasteiger charge is 2.13. The number of rotatable bonds is 14. The first-order chi connectivity index (χ1) is 20.5. The maximum atomic E-state index is 12.6. The van der Waals surface area contributed by atoms with Crippen molar-refractivity contribution < 1.29 is 42.9 Å². The van der Waals surface area contributed by atoms with E-state index in [1.165, 1.54) is 0 Å². The number of aryl methyl sites for hydroxylation is 2. The molecular weight excluding hydrogens is 552 g/mol. The van der Waals surface area contributed by atoms with Gasteiger partial charge in [-0.25, -0.2) is 14.4 Å². The predicted octanol–water partition coefficient (Wildman–Crippen LogP) is 6.12. The molecule has 0 radical (unpaired) electrons. The van der Waals surface area contributed by atoms with Crippen molar-refractivity contribution in [3.63, 3.8) is 0 Å². The minimum atomic E-state index is -0.553. The van der Waals surface area contributed by atoms with E-state index in [0.717, 1.165) is 5.56 Å². The van der Waals surface area contributed by atoms with Gasteiger partial charge in [0, 0.05) is 24.0 Å². The molecule has 0 heterocycles. The van der Waals surface area contributed by atoms with Crippen LogP contribution in [0.2, 0.25) is 0 Å². The van der Waals surface area contributed by atoms with Crippen LogP contribution < -0.4 is 18.9 Å². The molecule has 0 spiro atoms. The van der Waals surface area contributed by atoms with E-state index in [9.17, 15) is 19.2 Å². The van der Waals surface area contributed by atoms with E-state index in [4.69, 9.17) is 23.7 Å². The molecule has 0 atom stereocenters. The van der Waals surface area contributed by atoms with E-state index in [2.05, 4.69) is 13.2 Å². The third kappa shape index (κ3) is 10.6. The Kier molecular flexibility index (Phi) is 11.8. The lowest BCUT2D eigenvalue weighted by molar-refractivity contribution is -0.139. The smallest absolute Gasteiger partial charge is 0.343 e. The van der Waals surface area contributed by atoms with Crippen LogP contribution >= 0.6 is 0 Å². The van der Waals surface area contributed by atoms with E-state index in [-0.39, 0.29) is 13.0 Å². The summed E-state index contributed by atoms with van der Waals surface area (Å²) in [5.41, 5.74) is 2.49. The molecule has 9 nitrogen and oxygen atoms in total. The van der Waals surface area contributed by atoms with Gasteiger partial charge in [-0.3, -0.25) is 4.79 Å². The second kappa shape index (κ2) is 15.7. The van der Waals surface area contributed by atoms with Gasteiger partial charge in [-0.05, 0) is 92.9 Å². The van der Waals surface area contributed by atoms with Crippen LogP contribution in [0.25, 0.3) is 0 Å². The Morgan fingerprint density at radius 1 is 0.698 bits per heavy atom. The summed E-state index contributed by atoms with van der Waals surface area (Å²) in [4.78, 5) is 48.0. The van der Waals surface area contributed by atoms with Crippen LogP contribution in [0.4, 0.5) is 0 Å². The van der Waals surface area contributed by atoms with Gasteiger partial charge in [0.15, 0.2) is 0 Å². The predicted molar refractivity (Wildman–Crippen MR) is 159 cm³/mol. The van der Waals surface area contributed by atoms with Crippen molar-refractivity contribution in [2.75, 3.05) is 13.2 Å². The first kappa shape index (κ1) is 32.3. The fraction of sp³-hybridized carbons (Fsp3) is 0.235. The number of esters is 4. The molecular formula is C34H34O9. The Balaban J connectivity index is 1.43. The van der Waals surface area contributed by atoms with E-state index < -0.39 is 23.9 Å². The molecule has 0 saturated carbocycles. The Labute approximate surface area is 250 Å². The topological polar surface area (TPSA) is 114 Å². The van der Waals surface area contributed by atoms with Gasteiger partial charge in [0.25, 0.3) is 0 Å². The summed E-state index contributed by atoms with van der Waals surface area (Å²) >= 11 is 0. The second-order valence-electron chi connectivity index (χ2n) is 9.75. The van der Waals surface area contributed by atoms with Gasteiger partial charge in [0.2, 0.25) is 0 Å². The average Bonchev–Trinajstić information content (AvgIpc) is 2.98. The molecule has 0 unspecified atom stereocenters. The van der Waals surface area contributed by atoms with Crippen molar-refractivity contribution in [2.45, 2.75) is 40.0 Å². The fourth-order valence-electron chi connectivity index (χ4n) is 3.53. The molecule has 224 valence electrons. The van der Waals surface area contributed by atoms with Gasteiger partial charge < -0.3 is 23.7 Å². The van der Waals surface area contributed by atoms with Crippen LogP contribution in [0.1, 0.15) is 48.2 Å². The lowest BCUT2D eigenvalue weighted by Gasteiger charge is -2.11. The van der Waals surface area contributed by atoms with E-state index in [1.807, 2.05) is 0 Å². The monoisotopic (exact) mass is 586 g/mol. The molecule has 3 rings (SSSR count). The Morgan fingerprint density at radius 2 is 1.33 bits per heavy atom. The summed E-state index contributed by atoms with van der Waals surface area (Å²) in [6, 6.07) is 18.1. The highest BCUT2D eigenvalue weighted by Crippen LogP contribution is 2.25. The number of ether oxygens (including phenoxy) is 5. The van der Waals surface area contributed by atoms with Crippen molar-refractivity contribution >= 4 is 23.9 Å². The standard InChI is InChI=1S/C34H34O9/c1-22(2)32(36)40-20-6-19-39-27-14-10-26(11-15-27)34(38)42-29-16-17-30(24(5)21-29)43-31(35)18-9-25-7-12-28(13-8-25)41-33(37)23(3)4/h7-8,10-17,21H,1,3,6,9,18-20H2,2,4-5H3. The number of hydrogen-bond donors (Lipinski definition) is 0. The van der Waals surface area contributed by atoms with Crippen molar-refractivity contribution in [3.8, 4) is 23.0 Å². The van der Waals surface area contributed by atoms with Gasteiger partial charge in [-0.1, -0.05) is 25.3 Å². The molecule has 0 amide bonds. The zero-order valence-corrected chi connectivity index (χ0v) is 24.5. The summed E-state index contributed by atoms with van der Waals surface area (Å²) < 4.78 is 26.7. The molecule has 9 heteroatoms. The van der Waals surface area contributed by atoms with Gasteiger partial charge >= 0.3 is 23.9 Å². The van der Waals surface area contributed by atoms with Crippen molar-refractivity contribution in [1.29, 1.82) is 0 Å². The summed E-state index contributed by atoms with van der Waals surface area (Å²) in [7, 11) is 0. The largest absolute Gasteiger partial charge is 0.493 e. The zero-order valence-electron chi connectivity index (χ0n) is 24.5. The summed E-state index contributed by atoms with van der Waals surface area (Å²) in [6.45, 7) is 12.5. The normalized spacial score (nSPS) is 10.3. The third-order valence-electron chi connectivity index (χ3n) is 5.91. The maximum Gasteiger partial charge on any atom is 0.343 e. The number of carbonyl (C=O) groups is 4. The lowest BCUT2D eigenvalue weighted by atomic mass is 10.1. The Bertz CT molecular complexity index is 1490. The molecule has 0 N–H and O–H groups in total. The van der Waals surface area contributed by atoms with Crippen LogP contribution in [0, 0.1) is 6.92 Å². The number of carbonyl (C=O) groups excluding carboxylic acids is 4. The molecule has 0 aliphatic heterocycles. The Hall–Kier alpha value is -5.18. The van der Waals surface area contributed by atoms with Crippen LogP contribution in [0.3, 0.4) is 0 Å². The first-order valence-electron chi connectivity index (χ1n) is 13.6. The van der Waals surface area contributed by atoms with Gasteiger partial charge in [0.1, 0.15) is 23.0 Å². The highest BCUT2D eigenvalue weighted by atomic mass is 16.5. The average molecular weight is 587 g/mol. The van der Waals surface area contributed by atoms with Crippen molar-refractivity contribution in [3.05, 3.63) is 108 Å². The van der Waals surface area contributed by atoms with Crippen molar-refractivity contribution in [2.24, 2.45) is 0 Å². The Morgan fingerprint density at radius 3 is 1.95 bits per heavy atom. The molecule has 0 saturated heterocycles. The number of benzene rings is 3. The molecule has 3 aromatic rings. The van der Waals surface area contributed by atoms with Crippen LogP contribution in [-0.2, 0) is 25.5 Å². The third-order valence-corrected chi connectivity index (χ3v) is 5.91. The minimum absolute atomic E-state index is 0.142. The quantitative estimate of drug-likeness (QED) is 0.0953. The van der Waals surface area contributed by atoms with E-state index >= 15 is 0 Å². The second-order valence-corrected chi connectivity index (χ2v) is 9.75. The lowest BCUT2D eigenvalue weighted by Crippen LogP contribution is -2.11. The van der Waals surface area contributed by atoms with E-state index in [1.54, 1.807) is 87.5 Å². The SMILES string of the molecule is C=C(C)C(=O)OCCCOc1ccc(C(=O)Oc2ccc(OC(=O)CCc3ccc(OC(=O)C(=C)C)cc3)c(C)c2)cc1. The summed E-state index contributed by atoms with van der Waals surface area (Å²) in [5, 5.41) is 0. The van der Waals surface area contributed by atoms with Crippen LogP contribution in [-0.4, -0.2) is 37.1 Å². The fourth-order valence-corrected chi connectivity index (χ4v) is 3.53. The van der Waals surface area contributed by atoms with E-state index in [0.29, 0.717) is 64.7 Å².